The van der Waals surface area contributed by atoms with Crippen LogP contribution < -0.4 is 4.80 Å². The molecule has 11 heavy (non-hydrogen) atoms. The Morgan fingerprint density at radius 1 is 1.82 bits per heavy atom. The van der Waals surface area contributed by atoms with Crippen molar-refractivity contribution in [3.8, 4) is 0 Å². The van der Waals surface area contributed by atoms with Crippen LogP contribution in [0.1, 0.15) is 6.92 Å². The SMILES string of the molecule is CC(=O)/C=C/n1ccsc1=N. The fourth-order valence-corrected chi connectivity index (χ4v) is 1.16. The van der Waals surface area contributed by atoms with Gasteiger partial charge in [0, 0.05) is 17.8 Å². The predicted octanol–water partition coefficient (Wildman–Crippen LogP) is 1.09. The van der Waals surface area contributed by atoms with Gasteiger partial charge in [0.25, 0.3) is 0 Å². The summed E-state index contributed by atoms with van der Waals surface area (Å²) in [6.07, 6.45) is 4.76. The van der Waals surface area contributed by atoms with Crippen LogP contribution in [0.2, 0.25) is 0 Å². The van der Waals surface area contributed by atoms with E-state index in [-0.39, 0.29) is 5.78 Å². The molecule has 0 aliphatic carbocycles. The maximum Gasteiger partial charge on any atom is 0.185 e. The Morgan fingerprint density at radius 3 is 3.00 bits per heavy atom. The Bertz CT molecular complexity index is 334. The molecule has 4 heteroatoms. The number of aromatic nitrogens is 1. The lowest BCUT2D eigenvalue weighted by Crippen LogP contribution is -2.05. The highest BCUT2D eigenvalue weighted by Gasteiger charge is 1.87. The smallest absolute Gasteiger partial charge is 0.185 e. The van der Waals surface area contributed by atoms with E-state index >= 15 is 0 Å². The van der Waals surface area contributed by atoms with Crippen molar-refractivity contribution in [1.29, 1.82) is 5.41 Å². The lowest BCUT2D eigenvalue weighted by Gasteiger charge is -1.87. The second-order valence-corrected chi connectivity index (χ2v) is 2.94. The minimum Gasteiger partial charge on any atom is -0.300 e. The van der Waals surface area contributed by atoms with E-state index in [0.717, 1.165) is 0 Å². The van der Waals surface area contributed by atoms with Gasteiger partial charge in [-0.05, 0) is 13.0 Å². The van der Waals surface area contributed by atoms with Gasteiger partial charge in [0.05, 0.1) is 0 Å². The van der Waals surface area contributed by atoms with Crippen molar-refractivity contribution in [1.82, 2.24) is 4.57 Å². The maximum absolute atomic E-state index is 10.5. The Labute approximate surface area is 68.1 Å². The van der Waals surface area contributed by atoms with Crippen LogP contribution >= 0.6 is 11.3 Å². The Balaban J connectivity index is 2.88. The summed E-state index contributed by atoms with van der Waals surface area (Å²) in [4.78, 5) is 10.9. The molecule has 0 atom stereocenters. The van der Waals surface area contributed by atoms with Crippen LogP contribution in [0.3, 0.4) is 0 Å². The predicted molar refractivity (Wildman–Crippen MR) is 44.2 cm³/mol. The Hall–Kier alpha value is -1.16. The largest absolute Gasteiger partial charge is 0.300 e. The van der Waals surface area contributed by atoms with Gasteiger partial charge in [0.15, 0.2) is 10.6 Å². The zero-order valence-electron chi connectivity index (χ0n) is 6.07. The number of carbonyl (C=O) groups is 1. The topological polar surface area (TPSA) is 45.9 Å². The van der Waals surface area contributed by atoms with E-state index < -0.39 is 0 Å². The van der Waals surface area contributed by atoms with E-state index in [1.54, 1.807) is 22.3 Å². The molecule has 58 valence electrons. The average molecular weight is 168 g/mol. The van der Waals surface area contributed by atoms with Crippen LogP contribution in [0.5, 0.6) is 0 Å². The summed E-state index contributed by atoms with van der Waals surface area (Å²) in [6.45, 7) is 1.48. The minimum absolute atomic E-state index is 0.0110. The lowest BCUT2D eigenvalue weighted by atomic mass is 10.4. The zero-order chi connectivity index (χ0) is 8.27. The molecule has 0 spiro atoms. The summed E-state index contributed by atoms with van der Waals surface area (Å²) in [5, 5.41) is 9.11. The highest BCUT2D eigenvalue weighted by Crippen LogP contribution is 1.89. The number of allylic oxidation sites excluding steroid dienone is 1. The third-order valence-electron chi connectivity index (χ3n) is 1.11. The van der Waals surface area contributed by atoms with Gasteiger partial charge in [-0.3, -0.25) is 14.8 Å². The normalized spacial score (nSPS) is 10.6. The summed E-state index contributed by atoms with van der Waals surface area (Å²) in [6, 6.07) is 0. The summed E-state index contributed by atoms with van der Waals surface area (Å²) >= 11 is 1.32. The second kappa shape index (κ2) is 3.30. The first kappa shape index (κ1) is 7.94. The molecule has 1 N–H and O–H groups in total. The van der Waals surface area contributed by atoms with Crippen LogP contribution in [0.15, 0.2) is 17.7 Å². The highest BCUT2D eigenvalue weighted by molar-refractivity contribution is 7.07. The van der Waals surface area contributed by atoms with Crippen molar-refractivity contribution in [3.63, 3.8) is 0 Å². The van der Waals surface area contributed by atoms with E-state index in [1.165, 1.54) is 24.3 Å². The molecule has 1 rings (SSSR count). The lowest BCUT2D eigenvalue weighted by molar-refractivity contribution is -0.112. The van der Waals surface area contributed by atoms with E-state index in [0.29, 0.717) is 4.80 Å². The van der Waals surface area contributed by atoms with Gasteiger partial charge in [-0.2, -0.15) is 0 Å². The summed E-state index contributed by atoms with van der Waals surface area (Å²) < 4.78 is 1.59. The van der Waals surface area contributed by atoms with Gasteiger partial charge in [-0.25, -0.2) is 0 Å². The molecule has 0 amide bonds. The van der Waals surface area contributed by atoms with Crippen LogP contribution in [0.25, 0.3) is 6.20 Å². The molecule has 0 aliphatic heterocycles. The molecule has 1 aromatic rings. The molecule has 0 saturated heterocycles. The Kier molecular flexibility index (Phi) is 2.38. The second-order valence-electron chi connectivity index (χ2n) is 2.04. The minimum atomic E-state index is -0.0110. The fourth-order valence-electron chi connectivity index (χ4n) is 0.592. The number of carbonyl (C=O) groups excluding carboxylic acids is 1. The number of rotatable bonds is 2. The van der Waals surface area contributed by atoms with Crippen molar-refractivity contribution >= 4 is 23.3 Å². The van der Waals surface area contributed by atoms with Gasteiger partial charge in [0.1, 0.15) is 0 Å². The molecule has 0 unspecified atom stereocenters. The first-order chi connectivity index (χ1) is 5.20. The Morgan fingerprint density at radius 2 is 2.55 bits per heavy atom. The maximum atomic E-state index is 10.5. The van der Waals surface area contributed by atoms with Crippen LogP contribution in [-0.2, 0) is 4.79 Å². The van der Waals surface area contributed by atoms with E-state index in [2.05, 4.69) is 0 Å². The summed E-state index contributed by atoms with van der Waals surface area (Å²) in [5.74, 6) is -0.0110. The summed E-state index contributed by atoms with van der Waals surface area (Å²) in [5.41, 5.74) is 0. The first-order valence-corrected chi connectivity index (χ1v) is 3.97. The van der Waals surface area contributed by atoms with Crippen molar-refractivity contribution in [3.05, 3.63) is 22.5 Å². The zero-order valence-corrected chi connectivity index (χ0v) is 6.89. The molecule has 3 nitrogen and oxygen atoms in total. The van der Waals surface area contributed by atoms with E-state index in [9.17, 15) is 4.79 Å². The van der Waals surface area contributed by atoms with Crippen molar-refractivity contribution < 1.29 is 4.79 Å². The molecule has 0 bridgehead atoms. The average Bonchev–Trinajstić information content (AvgIpc) is 2.31. The third kappa shape index (κ3) is 2.16. The van der Waals surface area contributed by atoms with Gasteiger partial charge in [-0.1, -0.05) is 0 Å². The standard InChI is InChI=1S/C7H8N2OS/c1-6(10)2-3-9-4-5-11-7(9)8/h2-5,8H,1H3/b3-2+,8-7?. The number of thiazole rings is 1. The van der Waals surface area contributed by atoms with Gasteiger partial charge in [0.2, 0.25) is 0 Å². The van der Waals surface area contributed by atoms with Gasteiger partial charge >= 0.3 is 0 Å². The number of ketones is 1. The van der Waals surface area contributed by atoms with Crippen LogP contribution in [0, 0.1) is 5.41 Å². The quantitative estimate of drug-likeness (QED) is 0.660. The first-order valence-electron chi connectivity index (χ1n) is 3.09. The molecule has 0 fully saturated rings. The van der Waals surface area contributed by atoms with Crippen molar-refractivity contribution in [2.75, 3.05) is 0 Å². The number of hydrogen-bond donors (Lipinski definition) is 1. The number of nitrogens with one attached hydrogen (secondary N) is 1. The molecular weight excluding hydrogens is 160 g/mol. The molecule has 1 aromatic heterocycles. The third-order valence-corrected chi connectivity index (χ3v) is 1.80. The van der Waals surface area contributed by atoms with Gasteiger partial charge in [-0.15, -0.1) is 11.3 Å². The van der Waals surface area contributed by atoms with E-state index in [1.807, 2.05) is 0 Å². The molecule has 0 radical (unpaired) electrons. The molecular formula is C7H8N2OS. The monoisotopic (exact) mass is 168 g/mol. The highest BCUT2D eigenvalue weighted by atomic mass is 32.1. The molecule has 0 saturated carbocycles. The molecule has 0 aliphatic rings. The number of nitrogens with zero attached hydrogens (tertiary/aromatic N) is 1. The summed E-state index contributed by atoms with van der Waals surface area (Å²) in [7, 11) is 0. The van der Waals surface area contributed by atoms with Gasteiger partial charge < -0.3 is 0 Å². The molecule has 0 aromatic carbocycles. The van der Waals surface area contributed by atoms with Crippen molar-refractivity contribution in [2.45, 2.75) is 6.92 Å². The number of hydrogen-bond acceptors (Lipinski definition) is 3. The van der Waals surface area contributed by atoms with Crippen LogP contribution in [-0.4, -0.2) is 10.4 Å². The molecule has 1 heterocycles. The van der Waals surface area contributed by atoms with Crippen molar-refractivity contribution in [2.24, 2.45) is 0 Å². The van der Waals surface area contributed by atoms with E-state index in [4.69, 9.17) is 5.41 Å². The fraction of sp³-hybridized carbons (Fsp3) is 0.143. The van der Waals surface area contributed by atoms with Crippen LogP contribution in [0.4, 0.5) is 0 Å².